The number of hydrogen-bond acceptors (Lipinski definition) is 3. The topological polar surface area (TPSA) is 55.2 Å². The molecule has 0 amide bonds. The van der Waals surface area contributed by atoms with E-state index in [9.17, 15) is 14.5 Å². The fourth-order valence-electron chi connectivity index (χ4n) is 2.02. The lowest BCUT2D eigenvalue weighted by Gasteiger charge is -2.05. The summed E-state index contributed by atoms with van der Waals surface area (Å²) in [6.45, 7) is 1.17. The molecule has 4 nitrogen and oxygen atoms in total. The van der Waals surface area contributed by atoms with Gasteiger partial charge in [-0.3, -0.25) is 10.1 Å². The largest absolute Gasteiger partial charge is 0.312 e. The lowest BCUT2D eigenvalue weighted by molar-refractivity contribution is -0.385. The molecule has 2 rings (SSSR count). The van der Waals surface area contributed by atoms with Crippen LogP contribution in [0.2, 0.25) is 0 Å². The summed E-state index contributed by atoms with van der Waals surface area (Å²) >= 11 is 0. The van der Waals surface area contributed by atoms with Crippen molar-refractivity contribution in [1.29, 1.82) is 0 Å². The van der Waals surface area contributed by atoms with Gasteiger partial charge in [0.15, 0.2) is 0 Å². The van der Waals surface area contributed by atoms with Crippen molar-refractivity contribution in [3.63, 3.8) is 0 Å². The second-order valence-electron chi connectivity index (χ2n) is 4.79. The minimum atomic E-state index is -0.472. The Bertz CT molecular complexity index is 433. The average Bonchev–Trinajstić information content (AvgIpc) is 3.12. The maximum atomic E-state index is 13.0. The van der Waals surface area contributed by atoms with E-state index in [4.69, 9.17) is 0 Å². The van der Waals surface area contributed by atoms with Gasteiger partial charge in [0.25, 0.3) is 5.69 Å². The summed E-state index contributed by atoms with van der Waals surface area (Å²) in [5, 5.41) is 13.9. The molecule has 0 radical (unpaired) electrons. The molecule has 0 heterocycles. The van der Waals surface area contributed by atoms with E-state index in [1.54, 1.807) is 0 Å². The molecule has 1 saturated carbocycles. The van der Waals surface area contributed by atoms with Gasteiger partial charge in [-0.05, 0) is 37.4 Å². The number of benzene rings is 1. The van der Waals surface area contributed by atoms with Crippen molar-refractivity contribution >= 4 is 5.69 Å². The summed E-state index contributed by atoms with van der Waals surface area (Å²) in [5.41, 5.74) is 0.387. The molecule has 0 unspecified atom stereocenters. The Morgan fingerprint density at radius 1 is 1.44 bits per heavy atom. The Morgan fingerprint density at radius 3 is 2.89 bits per heavy atom. The van der Waals surface area contributed by atoms with Crippen LogP contribution in [0.15, 0.2) is 18.2 Å². The van der Waals surface area contributed by atoms with Crippen LogP contribution in [0.3, 0.4) is 0 Å². The number of rotatable bonds is 7. The molecule has 1 aliphatic carbocycles. The molecule has 0 aliphatic heterocycles. The lowest BCUT2D eigenvalue weighted by atomic mass is 10.1. The Balaban J connectivity index is 1.82. The van der Waals surface area contributed by atoms with E-state index in [2.05, 4.69) is 5.32 Å². The normalized spacial score (nSPS) is 14.7. The predicted octanol–water partition coefficient (Wildman–Crippen LogP) is 3.01. The fraction of sp³-hybridized carbons (Fsp3) is 0.538. The Kier molecular flexibility index (Phi) is 4.25. The highest BCUT2D eigenvalue weighted by Crippen LogP contribution is 2.33. The molecule has 1 fully saturated rings. The number of hydrogen-bond donors (Lipinski definition) is 1. The molecule has 18 heavy (non-hydrogen) atoms. The van der Waals surface area contributed by atoms with Crippen LogP contribution in [0.1, 0.15) is 31.2 Å². The van der Waals surface area contributed by atoms with Crippen molar-refractivity contribution in [2.24, 2.45) is 5.92 Å². The first-order valence-electron chi connectivity index (χ1n) is 6.30. The number of nitro groups is 1. The molecule has 0 spiro atoms. The molecule has 0 saturated heterocycles. The SMILES string of the molecule is O=[N+]([O-])c1ccc(F)cc1CNCCCC1CC1. The van der Waals surface area contributed by atoms with Crippen molar-refractivity contribution in [2.75, 3.05) is 6.54 Å². The zero-order chi connectivity index (χ0) is 13.0. The zero-order valence-electron chi connectivity index (χ0n) is 10.2. The van der Waals surface area contributed by atoms with Crippen molar-refractivity contribution in [3.8, 4) is 0 Å². The summed E-state index contributed by atoms with van der Waals surface area (Å²) in [4.78, 5) is 10.3. The molecule has 1 N–H and O–H groups in total. The van der Waals surface area contributed by atoms with E-state index >= 15 is 0 Å². The highest BCUT2D eigenvalue weighted by atomic mass is 19.1. The standard InChI is InChI=1S/C13H17FN2O2/c14-12-5-6-13(16(17)18)11(8-12)9-15-7-1-2-10-3-4-10/h5-6,8,10,15H,1-4,7,9H2. The number of nitrogens with one attached hydrogen (secondary N) is 1. The molecular weight excluding hydrogens is 235 g/mol. The third kappa shape index (κ3) is 3.77. The Labute approximate surface area is 105 Å². The van der Waals surface area contributed by atoms with E-state index in [-0.39, 0.29) is 5.69 Å². The van der Waals surface area contributed by atoms with Gasteiger partial charge in [0.2, 0.25) is 0 Å². The van der Waals surface area contributed by atoms with Crippen molar-refractivity contribution in [3.05, 3.63) is 39.7 Å². The first kappa shape index (κ1) is 13.0. The van der Waals surface area contributed by atoms with E-state index in [1.807, 2.05) is 0 Å². The lowest BCUT2D eigenvalue weighted by Crippen LogP contribution is -2.16. The van der Waals surface area contributed by atoms with Crippen LogP contribution in [-0.4, -0.2) is 11.5 Å². The number of halogens is 1. The van der Waals surface area contributed by atoms with Crippen LogP contribution in [0.5, 0.6) is 0 Å². The van der Waals surface area contributed by atoms with Crippen molar-refractivity contribution < 1.29 is 9.31 Å². The molecule has 98 valence electrons. The van der Waals surface area contributed by atoms with Gasteiger partial charge in [0.05, 0.1) is 4.92 Å². The van der Waals surface area contributed by atoms with Gasteiger partial charge in [0, 0.05) is 18.2 Å². The summed E-state index contributed by atoms with van der Waals surface area (Å²) in [7, 11) is 0. The van der Waals surface area contributed by atoms with Gasteiger partial charge in [-0.25, -0.2) is 4.39 Å². The zero-order valence-corrected chi connectivity index (χ0v) is 10.2. The summed E-state index contributed by atoms with van der Waals surface area (Å²) in [6.07, 6.45) is 4.98. The summed E-state index contributed by atoms with van der Waals surface area (Å²) in [6, 6.07) is 3.57. The van der Waals surface area contributed by atoms with Gasteiger partial charge >= 0.3 is 0 Å². The minimum absolute atomic E-state index is 0.0221. The predicted molar refractivity (Wildman–Crippen MR) is 66.7 cm³/mol. The van der Waals surface area contributed by atoms with E-state index in [1.165, 1.54) is 31.4 Å². The number of nitro benzene ring substituents is 1. The first-order chi connectivity index (χ1) is 8.66. The number of nitrogens with zero attached hydrogens (tertiary/aromatic N) is 1. The van der Waals surface area contributed by atoms with Crippen LogP contribution in [0.25, 0.3) is 0 Å². The van der Waals surface area contributed by atoms with Crippen LogP contribution >= 0.6 is 0 Å². The quantitative estimate of drug-likeness (QED) is 0.461. The van der Waals surface area contributed by atoms with Crippen molar-refractivity contribution in [2.45, 2.75) is 32.2 Å². The van der Waals surface area contributed by atoms with Gasteiger partial charge in [-0.1, -0.05) is 12.8 Å². The molecule has 1 aromatic carbocycles. The van der Waals surface area contributed by atoms with Gasteiger partial charge < -0.3 is 5.32 Å². The second kappa shape index (κ2) is 5.91. The Morgan fingerprint density at radius 2 is 2.22 bits per heavy atom. The highest BCUT2D eigenvalue weighted by Gasteiger charge is 2.20. The maximum absolute atomic E-state index is 13.0. The Hall–Kier alpha value is -1.49. The summed E-state index contributed by atoms with van der Waals surface area (Å²) in [5.74, 6) is 0.464. The third-order valence-corrected chi connectivity index (χ3v) is 3.22. The van der Waals surface area contributed by atoms with Crippen LogP contribution < -0.4 is 5.32 Å². The molecule has 1 aromatic rings. The molecule has 0 atom stereocenters. The van der Waals surface area contributed by atoms with Gasteiger partial charge in [-0.15, -0.1) is 0 Å². The second-order valence-corrected chi connectivity index (χ2v) is 4.79. The van der Waals surface area contributed by atoms with E-state index in [0.29, 0.717) is 12.1 Å². The van der Waals surface area contributed by atoms with Crippen LogP contribution in [-0.2, 0) is 6.54 Å². The molecule has 0 bridgehead atoms. The van der Waals surface area contributed by atoms with E-state index < -0.39 is 10.7 Å². The smallest absolute Gasteiger partial charge is 0.274 e. The third-order valence-electron chi connectivity index (χ3n) is 3.22. The van der Waals surface area contributed by atoms with Gasteiger partial charge in [0.1, 0.15) is 5.82 Å². The molecular formula is C13H17FN2O2. The van der Waals surface area contributed by atoms with Crippen LogP contribution in [0, 0.1) is 21.8 Å². The van der Waals surface area contributed by atoms with Crippen LogP contribution in [0.4, 0.5) is 10.1 Å². The van der Waals surface area contributed by atoms with E-state index in [0.717, 1.165) is 24.9 Å². The van der Waals surface area contributed by atoms with Crippen molar-refractivity contribution in [1.82, 2.24) is 5.32 Å². The maximum Gasteiger partial charge on any atom is 0.274 e. The average molecular weight is 252 g/mol. The molecule has 0 aromatic heterocycles. The monoisotopic (exact) mass is 252 g/mol. The summed E-state index contributed by atoms with van der Waals surface area (Å²) < 4.78 is 13.0. The fourth-order valence-corrected chi connectivity index (χ4v) is 2.02. The molecule has 1 aliphatic rings. The van der Waals surface area contributed by atoms with Gasteiger partial charge in [-0.2, -0.15) is 0 Å². The highest BCUT2D eigenvalue weighted by molar-refractivity contribution is 5.40. The minimum Gasteiger partial charge on any atom is -0.312 e. The first-order valence-corrected chi connectivity index (χ1v) is 6.30. The molecule has 5 heteroatoms.